The monoisotopic (exact) mass is 228 g/mol. The van der Waals surface area contributed by atoms with Gasteiger partial charge in [0.1, 0.15) is 0 Å². The third kappa shape index (κ3) is 5.28. The van der Waals surface area contributed by atoms with Gasteiger partial charge in [0.2, 0.25) is 0 Å². The van der Waals surface area contributed by atoms with Gasteiger partial charge < -0.3 is 10.1 Å². The van der Waals surface area contributed by atoms with E-state index in [9.17, 15) is 0 Å². The van der Waals surface area contributed by atoms with E-state index < -0.39 is 0 Å². The summed E-state index contributed by atoms with van der Waals surface area (Å²) in [5, 5.41) is 3.43. The second-order valence-corrected chi connectivity index (χ2v) is 5.12. The third-order valence-corrected chi connectivity index (χ3v) is 3.53. The Morgan fingerprint density at radius 1 is 1.38 bits per heavy atom. The molecule has 0 aliphatic carbocycles. The molecule has 1 aliphatic heterocycles. The number of nitrogens with zero attached hydrogens (tertiary/aromatic N) is 1. The highest BCUT2D eigenvalue weighted by Gasteiger charge is 2.15. The topological polar surface area (TPSA) is 24.5 Å². The minimum Gasteiger partial charge on any atom is -0.383 e. The quantitative estimate of drug-likeness (QED) is 0.685. The summed E-state index contributed by atoms with van der Waals surface area (Å²) >= 11 is 0. The second-order valence-electron chi connectivity index (χ2n) is 5.12. The summed E-state index contributed by atoms with van der Waals surface area (Å²) in [6.07, 6.45) is 4.08. The summed E-state index contributed by atoms with van der Waals surface area (Å²) in [5.41, 5.74) is 0. The van der Waals surface area contributed by atoms with Crippen molar-refractivity contribution in [3.63, 3.8) is 0 Å². The Hall–Kier alpha value is -0.120. The minimum absolute atomic E-state index is 0.636. The molecule has 1 aliphatic rings. The van der Waals surface area contributed by atoms with Crippen LogP contribution in [0.25, 0.3) is 0 Å². The van der Waals surface area contributed by atoms with E-state index in [1.54, 1.807) is 7.11 Å². The molecule has 0 amide bonds. The molecule has 3 heteroatoms. The molecule has 1 unspecified atom stereocenters. The van der Waals surface area contributed by atoms with E-state index in [-0.39, 0.29) is 0 Å². The number of ether oxygens (including phenoxy) is 1. The molecule has 1 heterocycles. The number of rotatable bonds is 8. The lowest BCUT2D eigenvalue weighted by Gasteiger charge is -2.26. The zero-order chi connectivity index (χ0) is 11.8. The van der Waals surface area contributed by atoms with Gasteiger partial charge in [-0.1, -0.05) is 0 Å². The first-order chi connectivity index (χ1) is 7.74. The van der Waals surface area contributed by atoms with E-state index in [0.29, 0.717) is 6.04 Å². The van der Waals surface area contributed by atoms with Gasteiger partial charge in [-0.3, -0.25) is 4.90 Å². The Morgan fingerprint density at radius 2 is 2.19 bits per heavy atom. The fraction of sp³-hybridized carbons (Fsp3) is 1.00. The van der Waals surface area contributed by atoms with Crippen molar-refractivity contribution in [2.45, 2.75) is 39.2 Å². The summed E-state index contributed by atoms with van der Waals surface area (Å²) < 4.78 is 5.15. The zero-order valence-electron chi connectivity index (χ0n) is 11.2. The molecule has 96 valence electrons. The van der Waals surface area contributed by atoms with Crippen LogP contribution in [0, 0.1) is 5.92 Å². The molecule has 16 heavy (non-hydrogen) atoms. The fourth-order valence-corrected chi connectivity index (χ4v) is 2.38. The first kappa shape index (κ1) is 13.9. The van der Waals surface area contributed by atoms with Crippen LogP contribution in [0.1, 0.15) is 33.1 Å². The van der Waals surface area contributed by atoms with Gasteiger partial charge in [0.15, 0.2) is 0 Å². The molecule has 1 saturated heterocycles. The molecular weight excluding hydrogens is 200 g/mol. The van der Waals surface area contributed by atoms with E-state index >= 15 is 0 Å². The molecule has 1 atom stereocenters. The molecule has 0 aromatic rings. The first-order valence-corrected chi connectivity index (χ1v) is 6.67. The Kier molecular flexibility index (Phi) is 7.01. The van der Waals surface area contributed by atoms with Gasteiger partial charge in [-0.2, -0.15) is 0 Å². The van der Waals surface area contributed by atoms with Gasteiger partial charge in [0, 0.05) is 19.7 Å². The highest BCUT2D eigenvalue weighted by atomic mass is 16.5. The first-order valence-electron chi connectivity index (χ1n) is 6.67. The van der Waals surface area contributed by atoms with Crippen LogP contribution in [0.3, 0.4) is 0 Å². The number of nitrogens with one attached hydrogen (secondary N) is 1. The standard InChI is InChI=1S/C13H28N2O/c1-12(2)15(9-10-16-3)8-4-5-13-6-7-14-11-13/h12-14H,4-11H2,1-3H3. The van der Waals surface area contributed by atoms with Crippen LogP contribution >= 0.6 is 0 Å². The molecule has 1 rings (SSSR count). The molecule has 0 saturated carbocycles. The van der Waals surface area contributed by atoms with Gasteiger partial charge in [-0.15, -0.1) is 0 Å². The number of methoxy groups -OCH3 is 1. The average Bonchev–Trinajstić information content (AvgIpc) is 2.75. The third-order valence-electron chi connectivity index (χ3n) is 3.53. The van der Waals surface area contributed by atoms with Gasteiger partial charge >= 0.3 is 0 Å². The van der Waals surface area contributed by atoms with Crippen LogP contribution in [0.4, 0.5) is 0 Å². The van der Waals surface area contributed by atoms with Crippen LogP contribution in [0.15, 0.2) is 0 Å². The summed E-state index contributed by atoms with van der Waals surface area (Å²) in [6, 6.07) is 0.636. The molecule has 0 aromatic carbocycles. The lowest BCUT2D eigenvalue weighted by atomic mass is 10.0. The number of hydrogen-bond acceptors (Lipinski definition) is 3. The summed E-state index contributed by atoms with van der Waals surface area (Å²) in [6.45, 7) is 10.1. The molecule has 1 fully saturated rings. The van der Waals surface area contributed by atoms with Crippen molar-refractivity contribution in [2.24, 2.45) is 5.92 Å². The zero-order valence-corrected chi connectivity index (χ0v) is 11.2. The molecule has 1 N–H and O–H groups in total. The van der Waals surface area contributed by atoms with Crippen molar-refractivity contribution in [3.8, 4) is 0 Å². The summed E-state index contributed by atoms with van der Waals surface area (Å²) in [5.74, 6) is 0.927. The molecule has 0 bridgehead atoms. The van der Waals surface area contributed by atoms with Crippen LogP contribution in [-0.2, 0) is 4.74 Å². The normalized spacial score (nSPS) is 21.2. The van der Waals surface area contributed by atoms with E-state index in [4.69, 9.17) is 4.74 Å². The fourth-order valence-electron chi connectivity index (χ4n) is 2.38. The van der Waals surface area contributed by atoms with E-state index in [2.05, 4.69) is 24.1 Å². The van der Waals surface area contributed by atoms with Crippen molar-refractivity contribution < 1.29 is 4.74 Å². The maximum Gasteiger partial charge on any atom is 0.0589 e. The second kappa shape index (κ2) is 8.04. The van der Waals surface area contributed by atoms with Crippen molar-refractivity contribution in [3.05, 3.63) is 0 Å². The van der Waals surface area contributed by atoms with Crippen molar-refractivity contribution in [1.82, 2.24) is 10.2 Å². The number of hydrogen-bond donors (Lipinski definition) is 1. The van der Waals surface area contributed by atoms with Gasteiger partial charge in [0.05, 0.1) is 6.61 Å². The lowest BCUT2D eigenvalue weighted by molar-refractivity contribution is 0.127. The summed E-state index contributed by atoms with van der Waals surface area (Å²) in [4.78, 5) is 2.52. The minimum atomic E-state index is 0.636. The van der Waals surface area contributed by atoms with Crippen molar-refractivity contribution in [1.29, 1.82) is 0 Å². The van der Waals surface area contributed by atoms with E-state index in [1.807, 2.05) is 0 Å². The van der Waals surface area contributed by atoms with Gasteiger partial charge in [-0.05, 0) is 58.7 Å². The van der Waals surface area contributed by atoms with Gasteiger partial charge in [-0.25, -0.2) is 0 Å². The summed E-state index contributed by atoms with van der Waals surface area (Å²) in [7, 11) is 1.78. The molecule has 0 spiro atoms. The average molecular weight is 228 g/mol. The van der Waals surface area contributed by atoms with Crippen molar-refractivity contribution in [2.75, 3.05) is 39.9 Å². The van der Waals surface area contributed by atoms with Crippen LogP contribution < -0.4 is 5.32 Å². The van der Waals surface area contributed by atoms with Gasteiger partial charge in [0.25, 0.3) is 0 Å². The molecule has 0 radical (unpaired) electrons. The maximum atomic E-state index is 5.15. The van der Waals surface area contributed by atoms with Crippen molar-refractivity contribution >= 4 is 0 Å². The molecular formula is C13H28N2O. The Labute approximate surface area is 101 Å². The smallest absolute Gasteiger partial charge is 0.0589 e. The van der Waals surface area contributed by atoms with Crippen LogP contribution in [-0.4, -0.2) is 50.8 Å². The SMILES string of the molecule is COCCN(CCCC1CCNC1)C(C)C. The predicted molar refractivity (Wildman–Crippen MR) is 68.8 cm³/mol. The molecule has 0 aromatic heterocycles. The highest BCUT2D eigenvalue weighted by Crippen LogP contribution is 2.15. The Bertz CT molecular complexity index is 167. The van der Waals surface area contributed by atoms with Crippen LogP contribution in [0.2, 0.25) is 0 Å². The highest BCUT2D eigenvalue weighted by molar-refractivity contribution is 4.72. The maximum absolute atomic E-state index is 5.15. The molecule has 3 nitrogen and oxygen atoms in total. The Balaban J connectivity index is 2.10. The van der Waals surface area contributed by atoms with Crippen LogP contribution in [0.5, 0.6) is 0 Å². The van der Waals surface area contributed by atoms with E-state index in [0.717, 1.165) is 19.1 Å². The largest absolute Gasteiger partial charge is 0.383 e. The lowest BCUT2D eigenvalue weighted by Crippen LogP contribution is -2.34. The predicted octanol–water partition coefficient (Wildman–Crippen LogP) is 1.73. The Morgan fingerprint density at radius 3 is 2.75 bits per heavy atom. The van der Waals surface area contributed by atoms with E-state index in [1.165, 1.54) is 38.9 Å².